The number of carbonyl (C=O) groups is 2. The molecule has 0 saturated carbocycles. The zero-order valence-electron chi connectivity index (χ0n) is 11.5. The number of nitrogens with one attached hydrogen (secondary N) is 1. The maximum Gasteiger partial charge on any atom is 0.335 e. The van der Waals surface area contributed by atoms with Crippen LogP contribution in [0.25, 0.3) is 0 Å². The van der Waals surface area contributed by atoms with E-state index < -0.39 is 5.97 Å². The number of aromatic carboxylic acids is 1. The molecular weight excluding hydrogens is 258 g/mol. The Kier molecular flexibility index (Phi) is 4.74. The van der Waals surface area contributed by atoms with Gasteiger partial charge in [-0.15, -0.1) is 0 Å². The van der Waals surface area contributed by atoms with Crippen LogP contribution in [0, 0.1) is 0 Å². The van der Waals surface area contributed by atoms with Gasteiger partial charge >= 0.3 is 5.97 Å². The van der Waals surface area contributed by atoms with Crippen LogP contribution in [0.15, 0.2) is 24.3 Å². The molecule has 2 N–H and O–H groups in total. The van der Waals surface area contributed by atoms with Crippen molar-refractivity contribution in [3.8, 4) is 0 Å². The van der Waals surface area contributed by atoms with Crippen LogP contribution in [0.2, 0.25) is 0 Å². The fourth-order valence-electron chi connectivity index (χ4n) is 2.33. The van der Waals surface area contributed by atoms with E-state index in [0.29, 0.717) is 12.2 Å². The summed E-state index contributed by atoms with van der Waals surface area (Å²) in [5.74, 6) is -1.16. The van der Waals surface area contributed by atoms with Gasteiger partial charge in [-0.2, -0.15) is 0 Å². The van der Waals surface area contributed by atoms with Crippen LogP contribution in [-0.4, -0.2) is 35.7 Å². The number of ether oxygens (including phenoxy) is 1. The molecule has 5 nitrogen and oxygen atoms in total. The van der Waals surface area contributed by atoms with Crippen LogP contribution in [0.5, 0.6) is 0 Å². The van der Waals surface area contributed by atoms with Crippen molar-refractivity contribution >= 4 is 11.9 Å². The van der Waals surface area contributed by atoms with Gasteiger partial charge in [-0.25, -0.2) is 4.79 Å². The van der Waals surface area contributed by atoms with Crippen LogP contribution >= 0.6 is 0 Å². The van der Waals surface area contributed by atoms with E-state index in [0.717, 1.165) is 19.3 Å². The molecule has 1 aromatic carbocycles. The Morgan fingerprint density at radius 3 is 2.55 bits per heavy atom. The normalized spacial score (nSPS) is 22.2. The number of hydrogen-bond acceptors (Lipinski definition) is 3. The van der Waals surface area contributed by atoms with Crippen molar-refractivity contribution in [2.24, 2.45) is 0 Å². The first-order valence-corrected chi connectivity index (χ1v) is 6.86. The summed E-state index contributed by atoms with van der Waals surface area (Å²) in [5.41, 5.74) is 0.660. The zero-order chi connectivity index (χ0) is 14.5. The molecule has 108 valence electrons. The van der Waals surface area contributed by atoms with Crippen molar-refractivity contribution < 1.29 is 19.4 Å². The van der Waals surface area contributed by atoms with Gasteiger partial charge in [-0.05, 0) is 43.5 Å². The van der Waals surface area contributed by atoms with E-state index in [1.807, 2.05) is 0 Å². The molecule has 1 fully saturated rings. The van der Waals surface area contributed by atoms with E-state index in [-0.39, 0.29) is 23.6 Å². The molecule has 1 aliphatic rings. The van der Waals surface area contributed by atoms with Gasteiger partial charge in [0.2, 0.25) is 0 Å². The number of carboxylic acids is 1. The quantitative estimate of drug-likeness (QED) is 0.883. The number of amides is 1. The minimum Gasteiger partial charge on any atom is -0.478 e. The van der Waals surface area contributed by atoms with Gasteiger partial charge in [0.1, 0.15) is 0 Å². The molecular formula is C15H19NO4. The van der Waals surface area contributed by atoms with Gasteiger partial charge in [0.25, 0.3) is 5.91 Å². The summed E-state index contributed by atoms with van der Waals surface area (Å²) in [6.45, 7) is 2.74. The Bertz CT molecular complexity index is 483. The maximum absolute atomic E-state index is 12.1. The van der Waals surface area contributed by atoms with Crippen LogP contribution in [0.3, 0.4) is 0 Å². The van der Waals surface area contributed by atoms with Crippen molar-refractivity contribution in [1.29, 1.82) is 0 Å². The molecule has 0 aromatic heterocycles. The van der Waals surface area contributed by atoms with Gasteiger partial charge in [0.15, 0.2) is 0 Å². The van der Waals surface area contributed by atoms with Crippen LogP contribution in [0.1, 0.15) is 46.9 Å². The Morgan fingerprint density at radius 2 is 1.95 bits per heavy atom. The van der Waals surface area contributed by atoms with E-state index in [2.05, 4.69) is 12.2 Å². The summed E-state index contributed by atoms with van der Waals surface area (Å²) in [6, 6.07) is 6.08. The summed E-state index contributed by atoms with van der Waals surface area (Å²) in [6.07, 6.45) is 2.80. The van der Waals surface area contributed by atoms with E-state index in [1.165, 1.54) is 24.3 Å². The lowest BCUT2D eigenvalue weighted by Crippen LogP contribution is -2.41. The first kappa shape index (κ1) is 14.5. The lowest BCUT2D eigenvalue weighted by molar-refractivity contribution is 0.000618. The highest BCUT2D eigenvalue weighted by Gasteiger charge is 2.23. The number of carbonyl (C=O) groups excluding carboxylic acids is 1. The maximum atomic E-state index is 12.1. The average Bonchev–Trinajstić information content (AvgIpc) is 2.47. The fourth-order valence-corrected chi connectivity index (χ4v) is 2.33. The first-order chi connectivity index (χ1) is 9.60. The van der Waals surface area contributed by atoms with E-state index in [1.54, 1.807) is 0 Å². The molecule has 1 saturated heterocycles. The fraction of sp³-hybridized carbons (Fsp3) is 0.467. The number of rotatable bonds is 4. The van der Waals surface area contributed by atoms with Crippen molar-refractivity contribution in [3.63, 3.8) is 0 Å². The third-order valence-electron chi connectivity index (χ3n) is 3.55. The highest BCUT2D eigenvalue weighted by Crippen LogP contribution is 2.17. The smallest absolute Gasteiger partial charge is 0.335 e. The number of carboxylic acid groups (broad SMARTS) is 1. The van der Waals surface area contributed by atoms with Crippen molar-refractivity contribution in [2.75, 3.05) is 6.61 Å². The summed E-state index contributed by atoms with van der Waals surface area (Å²) in [7, 11) is 0. The van der Waals surface area contributed by atoms with Crippen LogP contribution in [-0.2, 0) is 4.74 Å². The minimum absolute atomic E-state index is 0.125. The van der Waals surface area contributed by atoms with Gasteiger partial charge in [-0.1, -0.05) is 6.92 Å². The van der Waals surface area contributed by atoms with Crippen molar-refractivity contribution in [1.82, 2.24) is 5.32 Å². The minimum atomic E-state index is -0.993. The van der Waals surface area contributed by atoms with Gasteiger partial charge in [-0.3, -0.25) is 4.79 Å². The Balaban J connectivity index is 1.95. The topological polar surface area (TPSA) is 75.6 Å². The second-order valence-electron chi connectivity index (χ2n) is 4.98. The van der Waals surface area contributed by atoms with Crippen LogP contribution in [0.4, 0.5) is 0 Å². The summed E-state index contributed by atoms with van der Waals surface area (Å²) >= 11 is 0. The van der Waals surface area contributed by atoms with E-state index in [9.17, 15) is 9.59 Å². The molecule has 0 bridgehead atoms. The molecule has 1 aromatic rings. The van der Waals surface area contributed by atoms with Gasteiger partial charge in [0.05, 0.1) is 11.7 Å². The molecule has 1 aliphatic heterocycles. The van der Waals surface area contributed by atoms with E-state index in [4.69, 9.17) is 9.84 Å². The Labute approximate surface area is 117 Å². The highest BCUT2D eigenvalue weighted by molar-refractivity contribution is 5.96. The standard InChI is InChI=1S/C15H19NO4/c1-2-13-9-12(7-8-20-13)16-14(17)10-3-5-11(6-4-10)15(18)19/h3-6,12-13H,2,7-9H2,1H3,(H,16,17)(H,18,19). The predicted molar refractivity (Wildman–Crippen MR) is 73.9 cm³/mol. The molecule has 2 rings (SSSR count). The molecule has 0 spiro atoms. The van der Waals surface area contributed by atoms with Crippen molar-refractivity contribution in [3.05, 3.63) is 35.4 Å². The largest absolute Gasteiger partial charge is 0.478 e. The monoisotopic (exact) mass is 277 g/mol. The molecule has 0 radical (unpaired) electrons. The Morgan fingerprint density at radius 1 is 1.30 bits per heavy atom. The molecule has 1 heterocycles. The molecule has 20 heavy (non-hydrogen) atoms. The SMILES string of the molecule is CCC1CC(NC(=O)c2ccc(C(=O)O)cc2)CCO1. The summed E-state index contributed by atoms with van der Waals surface area (Å²) in [4.78, 5) is 22.8. The van der Waals surface area contributed by atoms with Crippen molar-refractivity contribution in [2.45, 2.75) is 38.3 Å². The van der Waals surface area contributed by atoms with Gasteiger partial charge in [0, 0.05) is 18.2 Å². The predicted octanol–water partition coefficient (Wildman–Crippen LogP) is 2.07. The molecule has 0 aliphatic carbocycles. The third kappa shape index (κ3) is 3.57. The van der Waals surface area contributed by atoms with E-state index >= 15 is 0 Å². The molecule has 2 unspecified atom stereocenters. The molecule has 1 amide bonds. The molecule has 5 heteroatoms. The second kappa shape index (κ2) is 6.52. The van der Waals surface area contributed by atoms with Crippen LogP contribution < -0.4 is 5.32 Å². The lowest BCUT2D eigenvalue weighted by Gasteiger charge is -2.29. The van der Waals surface area contributed by atoms with Gasteiger partial charge < -0.3 is 15.2 Å². The zero-order valence-corrected chi connectivity index (χ0v) is 11.5. The molecule has 2 atom stereocenters. The first-order valence-electron chi connectivity index (χ1n) is 6.86. The number of hydrogen-bond donors (Lipinski definition) is 2. The second-order valence-corrected chi connectivity index (χ2v) is 4.98. The summed E-state index contributed by atoms with van der Waals surface area (Å²) in [5, 5.41) is 11.8. The summed E-state index contributed by atoms with van der Waals surface area (Å²) < 4.78 is 5.57. The highest BCUT2D eigenvalue weighted by atomic mass is 16.5. The third-order valence-corrected chi connectivity index (χ3v) is 3.55. The average molecular weight is 277 g/mol. The lowest BCUT2D eigenvalue weighted by atomic mass is 10.0. The number of benzene rings is 1. The Hall–Kier alpha value is -1.88.